The zero-order chi connectivity index (χ0) is 13.6. The molecule has 2 heterocycles. The summed E-state index contributed by atoms with van der Waals surface area (Å²) in [7, 11) is 0.564. The van der Waals surface area contributed by atoms with Gasteiger partial charge >= 0.3 is 0 Å². The molecule has 0 saturated carbocycles. The monoisotopic (exact) mass is 286 g/mol. The Morgan fingerprint density at radius 2 is 1.00 bits per heavy atom. The van der Waals surface area contributed by atoms with Crippen molar-refractivity contribution in [2.45, 2.75) is 88.9 Å². The van der Waals surface area contributed by atoms with Crippen molar-refractivity contribution in [2.24, 2.45) is 0 Å². The van der Waals surface area contributed by atoms with E-state index in [1.54, 1.807) is 25.2 Å². The highest BCUT2D eigenvalue weighted by molar-refractivity contribution is 7.64. The molecule has 2 fully saturated rings. The molecule has 0 spiro atoms. The van der Waals surface area contributed by atoms with E-state index in [1.165, 1.54) is 12.8 Å². The molecule has 0 nitrogen and oxygen atoms in total. The van der Waals surface area contributed by atoms with Gasteiger partial charge in [-0.2, -0.15) is 0 Å². The highest BCUT2D eigenvalue weighted by Gasteiger charge is 2.46. The van der Waals surface area contributed by atoms with Gasteiger partial charge in [-0.3, -0.25) is 0 Å². The van der Waals surface area contributed by atoms with Crippen LogP contribution in [0.25, 0.3) is 0 Å². The third kappa shape index (κ3) is 3.12. The van der Waals surface area contributed by atoms with Gasteiger partial charge in [-0.05, 0) is 59.6 Å². The molecule has 0 N–H and O–H groups in total. The third-order valence-electron chi connectivity index (χ3n) is 4.77. The highest BCUT2D eigenvalue weighted by atomic mass is 31.1. The van der Waals surface area contributed by atoms with Crippen molar-refractivity contribution in [2.75, 3.05) is 12.3 Å². The average molecular weight is 286 g/mol. The standard InChI is InChI=1S/C16H32P2/c1-15(2,3)17-11-7-9-13(17)14-10-8-12-18(14)16(4,5)6/h13-14H,7-12H2,1-6H3/t13?,14?,17-,18-/m0/s1. The third-order valence-corrected chi connectivity index (χ3v) is 12.9. The van der Waals surface area contributed by atoms with E-state index in [4.69, 9.17) is 0 Å². The Bertz CT molecular complexity index is 254. The Morgan fingerprint density at radius 1 is 0.667 bits per heavy atom. The summed E-state index contributed by atoms with van der Waals surface area (Å²) in [6.45, 7) is 15.0. The molecule has 18 heavy (non-hydrogen) atoms. The lowest BCUT2D eigenvalue weighted by Gasteiger charge is -2.42. The van der Waals surface area contributed by atoms with E-state index in [1.807, 2.05) is 0 Å². The van der Waals surface area contributed by atoms with Gasteiger partial charge in [0.05, 0.1) is 0 Å². The van der Waals surface area contributed by atoms with Gasteiger partial charge in [-0.15, -0.1) is 0 Å². The molecule has 0 bridgehead atoms. The van der Waals surface area contributed by atoms with Crippen LogP contribution in [-0.2, 0) is 0 Å². The predicted octanol–water partition coefficient (Wildman–Crippen LogP) is 5.87. The van der Waals surface area contributed by atoms with Crippen molar-refractivity contribution < 1.29 is 0 Å². The summed E-state index contributed by atoms with van der Waals surface area (Å²) in [6, 6.07) is 0. The number of rotatable bonds is 1. The molecule has 2 saturated heterocycles. The van der Waals surface area contributed by atoms with Gasteiger partial charge in [0.2, 0.25) is 0 Å². The van der Waals surface area contributed by atoms with E-state index in [-0.39, 0.29) is 15.8 Å². The summed E-state index contributed by atoms with van der Waals surface area (Å²) >= 11 is 0. The van der Waals surface area contributed by atoms with Crippen LogP contribution in [0, 0.1) is 0 Å². The number of hydrogen-bond acceptors (Lipinski definition) is 0. The average Bonchev–Trinajstić information content (AvgIpc) is 2.83. The lowest BCUT2D eigenvalue weighted by molar-refractivity contribution is 0.671. The fourth-order valence-electron chi connectivity index (χ4n) is 4.05. The molecule has 0 aromatic carbocycles. The molecule has 2 unspecified atom stereocenters. The quantitative estimate of drug-likeness (QED) is 0.529. The maximum atomic E-state index is 2.51. The maximum absolute atomic E-state index is 2.51. The first kappa shape index (κ1) is 15.3. The van der Waals surface area contributed by atoms with Crippen molar-refractivity contribution in [3.63, 3.8) is 0 Å². The molecular formula is C16H32P2. The van der Waals surface area contributed by atoms with E-state index in [0.717, 1.165) is 11.3 Å². The largest absolute Gasteiger partial charge is 0.0974 e. The van der Waals surface area contributed by atoms with Crippen molar-refractivity contribution in [1.29, 1.82) is 0 Å². The van der Waals surface area contributed by atoms with Crippen molar-refractivity contribution in [3.05, 3.63) is 0 Å². The van der Waals surface area contributed by atoms with Gasteiger partial charge in [-0.25, -0.2) is 0 Å². The molecule has 0 aliphatic carbocycles. The van der Waals surface area contributed by atoms with Crippen LogP contribution in [0.1, 0.15) is 67.2 Å². The van der Waals surface area contributed by atoms with Crippen molar-refractivity contribution in [3.8, 4) is 0 Å². The molecular weight excluding hydrogens is 254 g/mol. The molecule has 0 radical (unpaired) electrons. The molecule has 0 amide bonds. The summed E-state index contributed by atoms with van der Waals surface area (Å²) in [6.07, 6.45) is 9.29. The van der Waals surface area contributed by atoms with E-state index >= 15 is 0 Å². The molecule has 0 aromatic heterocycles. The summed E-state index contributed by atoms with van der Waals surface area (Å²) in [5, 5.41) is 1.19. The van der Waals surface area contributed by atoms with Crippen LogP contribution < -0.4 is 0 Å². The normalized spacial score (nSPS) is 38.3. The maximum Gasteiger partial charge on any atom is -0.0136 e. The van der Waals surface area contributed by atoms with Crippen LogP contribution in [0.4, 0.5) is 0 Å². The second-order valence-electron chi connectivity index (χ2n) is 8.15. The van der Waals surface area contributed by atoms with Crippen molar-refractivity contribution in [1.82, 2.24) is 0 Å². The van der Waals surface area contributed by atoms with Gasteiger partial charge in [0.25, 0.3) is 0 Å². The molecule has 2 heteroatoms. The van der Waals surface area contributed by atoms with Gasteiger partial charge < -0.3 is 0 Å². The highest BCUT2D eigenvalue weighted by Crippen LogP contribution is 2.69. The minimum atomic E-state index is 0.282. The minimum absolute atomic E-state index is 0.282. The first-order valence-electron chi connectivity index (χ1n) is 7.75. The molecule has 2 aliphatic rings. The second kappa shape index (κ2) is 5.33. The second-order valence-corrected chi connectivity index (χ2v) is 14.9. The lowest BCUT2D eigenvalue weighted by atomic mass is 10.1. The summed E-state index contributed by atoms with van der Waals surface area (Å²) < 4.78 is 0. The zero-order valence-electron chi connectivity index (χ0n) is 13.3. The minimum Gasteiger partial charge on any atom is -0.0974 e. The Morgan fingerprint density at radius 3 is 1.28 bits per heavy atom. The molecule has 106 valence electrons. The van der Waals surface area contributed by atoms with E-state index < -0.39 is 0 Å². The fraction of sp³-hybridized carbons (Fsp3) is 1.00. The SMILES string of the molecule is CC(C)(C)[P@@]1CCCC1C1CCC[P@]1C(C)(C)C. The topological polar surface area (TPSA) is 0 Å². The molecule has 2 aliphatic heterocycles. The Kier molecular flexibility index (Phi) is 4.52. The first-order valence-corrected chi connectivity index (χ1v) is 10.9. The first-order chi connectivity index (χ1) is 8.21. The zero-order valence-corrected chi connectivity index (χ0v) is 15.1. The fourth-order valence-corrected chi connectivity index (χ4v) is 12.2. The smallest absolute Gasteiger partial charge is 0.0136 e. The molecule has 0 aromatic rings. The van der Waals surface area contributed by atoms with Gasteiger partial charge in [0, 0.05) is 0 Å². The molecule has 4 atom stereocenters. The lowest BCUT2D eigenvalue weighted by Crippen LogP contribution is -2.29. The summed E-state index contributed by atoms with van der Waals surface area (Å²) in [5.74, 6) is 0. The van der Waals surface area contributed by atoms with E-state index in [0.29, 0.717) is 10.3 Å². The van der Waals surface area contributed by atoms with Crippen LogP contribution in [-0.4, -0.2) is 34.0 Å². The van der Waals surface area contributed by atoms with Crippen molar-refractivity contribution >= 4 is 15.8 Å². The van der Waals surface area contributed by atoms with E-state index in [2.05, 4.69) is 41.5 Å². The van der Waals surface area contributed by atoms with Crippen LogP contribution in [0.5, 0.6) is 0 Å². The van der Waals surface area contributed by atoms with Gasteiger partial charge in [0.15, 0.2) is 0 Å². The van der Waals surface area contributed by atoms with E-state index in [9.17, 15) is 0 Å². The summed E-state index contributed by atoms with van der Waals surface area (Å²) in [4.78, 5) is 0. The van der Waals surface area contributed by atoms with Crippen LogP contribution >= 0.6 is 15.8 Å². The Balaban J connectivity index is 2.15. The van der Waals surface area contributed by atoms with Crippen LogP contribution in [0.15, 0.2) is 0 Å². The van der Waals surface area contributed by atoms with Gasteiger partial charge in [0.1, 0.15) is 0 Å². The molecule has 2 rings (SSSR count). The predicted molar refractivity (Wildman–Crippen MR) is 89.1 cm³/mol. The van der Waals surface area contributed by atoms with Crippen LogP contribution in [0.3, 0.4) is 0 Å². The number of hydrogen-bond donors (Lipinski definition) is 0. The summed E-state index contributed by atoms with van der Waals surface area (Å²) in [5.41, 5.74) is 2.24. The Hall–Kier alpha value is 0.860. The Labute approximate surface area is 117 Å². The van der Waals surface area contributed by atoms with Crippen LogP contribution in [0.2, 0.25) is 0 Å². The van der Waals surface area contributed by atoms with Gasteiger partial charge in [-0.1, -0.05) is 57.4 Å².